The summed E-state index contributed by atoms with van der Waals surface area (Å²) in [6.45, 7) is 3.34. The van der Waals surface area contributed by atoms with Gasteiger partial charge in [-0.2, -0.15) is 0 Å². The molecule has 0 bridgehead atoms. The lowest BCUT2D eigenvalue weighted by Crippen LogP contribution is -2.23. The van der Waals surface area contributed by atoms with Gasteiger partial charge >= 0.3 is 0 Å². The minimum atomic E-state index is 0.555. The van der Waals surface area contributed by atoms with E-state index in [0.717, 1.165) is 12.5 Å². The minimum absolute atomic E-state index is 0.555. The molecule has 1 unspecified atom stereocenters. The Morgan fingerprint density at radius 1 is 0.950 bits per heavy atom. The van der Waals surface area contributed by atoms with Gasteiger partial charge in [0.25, 0.3) is 0 Å². The van der Waals surface area contributed by atoms with Gasteiger partial charge in [0.15, 0.2) is 0 Å². The van der Waals surface area contributed by atoms with Crippen molar-refractivity contribution in [3.8, 4) is 11.1 Å². The second-order valence-electron chi connectivity index (χ2n) is 5.76. The molecule has 3 rings (SSSR count). The van der Waals surface area contributed by atoms with Crippen LogP contribution in [0.25, 0.3) is 11.1 Å². The molecule has 0 radical (unpaired) electrons. The summed E-state index contributed by atoms with van der Waals surface area (Å²) in [4.78, 5) is 0. The molecule has 0 amide bonds. The van der Waals surface area contributed by atoms with E-state index in [0.29, 0.717) is 6.04 Å². The minimum Gasteiger partial charge on any atom is -0.310 e. The molecule has 0 saturated heterocycles. The van der Waals surface area contributed by atoms with E-state index in [1.54, 1.807) is 0 Å². The molecule has 1 fully saturated rings. The largest absolute Gasteiger partial charge is 0.310 e. The predicted molar refractivity (Wildman–Crippen MR) is 85.6 cm³/mol. The smallest absolute Gasteiger partial charge is 0.0348 e. The lowest BCUT2D eigenvalue weighted by Gasteiger charge is -2.19. The molecule has 1 aliphatic rings. The van der Waals surface area contributed by atoms with Gasteiger partial charge in [-0.15, -0.1) is 0 Å². The number of hydrogen-bond donors (Lipinski definition) is 1. The summed E-state index contributed by atoms with van der Waals surface area (Å²) in [5.41, 5.74) is 4.04. The van der Waals surface area contributed by atoms with Crippen LogP contribution in [0.4, 0.5) is 0 Å². The van der Waals surface area contributed by atoms with Crippen LogP contribution in [0.5, 0.6) is 0 Å². The van der Waals surface area contributed by atoms with Gasteiger partial charge < -0.3 is 5.32 Å². The lowest BCUT2D eigenvalue weighted by atomic mass is 9.98. The third kappa shape index (κ3) is 3.10. The summed E-state index contributed by atoms with van der Waals surface area (Å²) in [5, 5.41) is 3.71. The van der Waals surface area contributed by atoms with Gasteiger partial charge in [-0.05, 0) is 48.4 Å². The summed E-state index contributed by atoms with van der Waals surface area (Å²) >= 11 is 0. The molecule has 0 spiro atoms. The van der Waals surface area contributed by atoms with Crippen molar-refractivity contribution in [3.63, 3.8) is 0 Å². The summed E-state index contributed by atoms with van der Waals surface area (Å²) in [7, 11) is 0. The maximum Gasteiger partial charge on any atom is 0.0348 e. The monoisotopic (exact) mass is 265 g/mol. The van der Waals surface area contributed by atoms with Crippen molar-refractivity contribution in [2.45, 2.75) is 32.2 Å². The molecule has 1 saturated carbocycles. The first-order valence-electron chi connectivity index (χ1n) is 7.77. The van der Waals surface area contributed by atoms with Crippen LogP contribution < -0.4 is 5.32 Å². The van der Waals surface area contributed by atoms with Crippen LogP contribution in [0, 0.1) is 5.92 Å². The van der Waals surface area contributed by atoms with Crippen LogP contribution in [0.3, 0.4) is 0 Å². The van der Waals surface area contributed by atoms with E-state index in [2.05, 4.69) is 66.8 Å². The van der Waals surface area contributed by atoms with Gasteiger partial charge in [-0.3, -0.25) is 0 Å². The van der Waals surface area contributed by atoms with Gasteiger partial charge in [0, 0.05) is 6.04 Å². The van der Waals surface area contributed by atoms with Crippen molar-refractivity contribution < 1.29 is 0 Å². The molecule has 2 aromatic carbocycles. The fourth-order valence-corrected chi connectivity index (χ4v) is 2.80. The number of benzene rings is 2. The third-order valence-corrected chi connectivity index (χ3v) is 4.08. The van der Waals surface area contributed by atoms with Crippen LogP contribution in [-0.4, -0.2) is 6.54 Å². The number of nitrogens with one attached hydrogen (secondary N) is 1. The molecule has 1 nitrogen and oxygen atoms in total. The fourth-order valence-electron chi connectivity index (χ4n) is 2.80. The Morgan fingerprint density at radius 2 is 1.60 bits per heavy atom. The van der Waals surface area contributed by atoms with Crippen molar-refractivity contribution in [1.29, 1.82) is 0 Å². The molecule has 104 valence electrons. The second kappa shape index (κ2) is 6.23. The Morgan fingerprint density at radius 3 is 2.20 bits per heavy atom. The van der Waals surface area contributed by atoms with E-state index in [9.17, 15) is 0 Å². The Balaban J connectivity index is 1.77. The van der Waals surface area contributed by atoms with Gasteiger partial charge in [0.05, 0.1) is 0 Å². The highest BCUT2D eigenvalue weighted by Gasteiger charge is 2.31. The SMILES string of the molecule is CCCNC(c1ccc(-c2ccccc2)cc1)C1CC1. The number of rotatable bonds is 6. The maximum absolute atomic E-state index is 3.71. The van der Waals surface area contributed by atoms with Crippen molar-refractivity contribution >= 4 is 0 Å². The molecule has 0 aliphatic heterocycles. The molecule has 2 aromatic rings. The Labute approximate surface area is 122 Å². The van der Waals surface area contributed by atoms with Crippen molar-refractivity contribution in [1.82, 2.24) is 5.32 Å². The first-order valence-corrected chi connectivity index (χ1v) is 7.77. The normalized spacial score (nSPS) is 16.1. The topological polar surface area (TPSA) is 12.0 Å². The summed E-state index contributed by atoms with van der Waals surface area (Å²) in [6, 6.07) is 20.3. The highest BCUT2D eigenvalue weighted by Crippen LogP contribution is 2.41. The molecule has 0 heterocycles. The van der Waals surface area contributed by atoms with Crippen LogP contribution >= 0.6 is 0 Å². The van der Waals surface area contributed by atoms with Gasteiger partial charge in [0.2, 0.25) is 0 Å². The summed E-state index contributed by atoms with van der Waals surface area (Å²) < 4.78 is 0. The molecule has 1 aliphatic carbocycles. The van der Waals surface area contributed by atoms with Gasteiger partial charge in [-0.25, -0.2) is 0 Å². The molecular weight excluding hydrogens is 242 g/mol. The molecule has 1 atom stereocenters. The van der Waals surface area contributed by atoms with Gasteiger partial charge in [-0.1, -0.05) is 61.5 Å². The summed E-state index contributed by atoms with van der Waals surface area (Å²) in [5.74, 6) is 0.851. The van der Waals surface area contributed by atoms with Gasteiger partial charge in [0.1, 0.15) is 0 Å². The third-order valence-electron chi connectivity index (χ3n) is 4.08. The van der Waals surface area contributed by atoms with E-state index >= 15 is 0 Å². The Kier molecular flexibility index (Phi) is 4.17. The zero-order valence-corrected chi connectivity index (χ0v) is 12.2. The van der Waals surface area contributed by atoms with Crippen molar-refractivity contribution in [2.24, 2.45) is 5.92 Å². The van der Waals surface area contributed by atoms with Crippen LogP contribution in [-0.2, 0) is 0 Å². The highest BCUT2D eigenvalue weighted by molar-refractivity contribution is 5.63. The van der Waals surface area contributed by atoms with E-state index in [-0.39, 0.29) is 0 Å². The van der Waals surface area contributed by atoms with E-state index < -0.39 is 0 Å². The number of hydrogen-bond acceptors (Lipinski definition) is 1. The molecule has 1 N–H and O–H groups in total. The Bertz CT molecular complexity index is 525. The average molecular weight is 265 g/mol. The molecule has 1 heteroatoms. The quantitative estimate of drug-likeness (QED) is 0.790. The van der Waals surface area contributed by atoms with E-state index in [1.165, 1.54) is 36.0 Å². The fraction of sp³-hybridized carbons (Fsp3) is 0.368. The van der Waals surface area contributed by atoms with Crippen molar-refractivity contribution in [2.75, 3.05) is 6.54 Å². The zero-order valence-electron chi connectivity index (χ0n) is 12.2. The first kappa shape index (κ1) is 13.4. The van der Waals surface area contributed by atoms with Crippen LogP contribution in [0.2, 0.25) is 0 Å². The Hall–Kier alpha value is -1.60. The second-order valence-corrected chi connectivity index (χ2v) is 5.76. The molecule has 0 aromatic heterocycles. The summed E-state index contributed by atoms with van der Waals surface area (Å²) in [6.07, 6.45) is 3.95. The predicted octanol–water partition coefficient (Wildman–Crippen LogP) is 4.80. The maximum atomic E-state index is 3.71. The molecule has 20 heavy (non-hydrogen) atoms. The van der Waals surface area contributed by atoms with Crippen LogP contribution in [0.15, 0.2) is 54.6 Å². The highest BCUT2D eigenvalue weighted by atomic mass is 14.9. The van der Waals surface area contributed by atoms with Crippen molar-refractivity contribution in [3.05, 3.63) is 60.2 Å². The van der Waals surface area contributed by atoms with E-state index in [4.69, 9.17) is 0 Å². The lowest BCUT2D eigenvalue weighted by molar-refractivity contribution is 0.481. The molecular formula is C19H23N. The first-order chi connectivity index (χ1) is 9.88. The van der Waals surface area contributed by atoms with Crippen LogP contribution in [0.1, 0.15) is 37.8 Å². The van der Waals surface area contributed by atoms with E-state index in [1.807, 2.05) is 0 Å². The average Bonchev–Trinajstić information content (AvgIpc) is 3.34. The zero-order chi connectivity index (χ0) is 13.8. The standard InChI is InChI=1S/C19H23N/c1-2-14-20-19(18-12-13-18)17-10-8-16(9-11-17)15-6-4-3-5-7-15/h3-11,18-20H,2,12-14H2,1H3.